The van der Waals surface area contributed by atoms with Gasteiger partial charge in [-0.2, -0.15) is 0 Å². The molecular weight excluding hydrogens is 269 g/mol. The number of halogens is 1. The SMILES string of the molecule is COc1ccc2c(c1)C(Nc1ccc(F)c(C)c1)CCO2. The minimum atomic E-state index is -0.186. The number of benzene rings is 2. The van der Waals surface area contributed by atoms with Crippen LogP contribution in [0, 0.1) is 12.7 Å². The number of hydrogen-bond acceptors (Lipinski definition) is 3. The van der Waals surface area contributed by atoms with Gasteiger partial charge in [0.25, 0.3) is 0 Å². The van der Waals surface area contributed by atoms with E-state index in [9.17, 15) is 4.39 Å². The predicted octanol–water partition coefficient (Wildman–Crippen LogP) is 4.08. The number of nitrogens with one attached hydrogen (secondary N) is 1. The molecule has 0 aliphatic carbocycles. The second-order valence-electron chi connectivity index (χ2n) is 5.20. The lowest BCUT2D eigenvalue weighted by Gasteiger charge is -2.28. The van der Waals surface area contributed by atoms with E-state index in [1.165, 1.54) is 6.07 Å². The van der Waals surface area contributed by atoms with Crippen LogP contribution in [0.5, 0.6) is 11.5 Å². The Balaban J connectivity index is 1.88. The van der Waals surface area contributed by atoms with E-state index in [0.717, 1.165) is 29.2 Å². The predicted molar refractivity (Wildman–Crippen MR) is 80.6 cm³/mol. The lowest BCUT2D eigenvalue weighted by molar-refractivity contribution is 0.273. The summed E-state index contributed by atoms with van der Waals surface area (Å²) in [7, 11) is 1.65. The molecule has 1 heterocycles. The highest BCUT2D eigenvalue weighted by atomic mass is 19.1. The molecule has 2 aromatic rings. The highest BCUT2D eigenvalue weighted by Gasteiger charge is 2.22. The van der Waals surface area contributed by atoms with Crippen molar-refractivity contribution >= 4 is 5.69 Å². The number of fused-ring (bicyclic) bond motifs is 1. The molecule has 1 aliphatic heterocycles. The van der Waals surface area contributed by atoms with Gasteiger partial charge in [0.1, 0.15) is 17.3 Å². The van der Waals surface area contributed by atoms with Crippen molar-refractivity contribution in [2.75, 3.05) is 19.0 Å². The largest absolute Gasteiger partial charge is 0.497 e. The van der Waals surface area contributed by atoms with E-state index in [1.807, 2.05) is 24.3 Å². The van der Waals surface area contributed by atoms with Crippen LogP contribution in [-0.4, -0.2) is 13.7 Å². The number of rotatable bonds is 3. The standard InChI is InChI=1S/C17H18FNO2/c1-11-9-12(3-5-15(11)18)19-16-7-8-21-17-6-4-13(20-2)10-14(16)17/h3-6,9-10,16,19H,7-8H2,1-2H3. The van der Waals surface area contributed by atoms with Crippen LogP contribution < -0.4 is 14.8 Å². The third-order valence-electron chi connectivity index (χ3n) is 3.76. The summed E-state index contributed by atoms with van der Waals surface area (Å²) in [4.78, 5) is 0. The topological polar surface area (TPSA) is 30.5 Å². The number of anilines is 1. The summed E-state index contributed by atoms with van der Waals surface area (Å²) in [5.41, 5.74) is 2.62. The fraction of sp³-hybridized carbons (Fsp3) is 0.294. The summed E-state index contributed by atoms with van der Waals surface area (Å²) in [6, 6.07) is 11.0. The lowest BCUT2D eigenvalue weighted by Crippen LogP contribution is -2.20. The normalized spacial score (nSPS) is 16.8. The van der Waals surface area contributed by atoms with E-state index in [1.54, 1.807) is 20.1 Å². The summed E-state index contributed by atoms with van der Waals surface area (Å²) in [5.74, 6) is 1.49. The Morgan fingerprint density at radius 1 is 1.24 bits per heavy atom. The first-order valence-corrected chi connectivity index (χ1v) is 7.01. The van der Waals surface area contributed by atoms with Crippen molar-refractivity contribution in [2.45, 2.75) is 19.4 Å². The van der Waals surface area contributed by atoms with Crippen LogP contribution >= 0.6 is 0 Å². The molecule has 3 nitrogen and oxygen atoms in total. The molecule has 0 bridgehead atoms. The molecule has 1 aliphatic rings. The summed E-state index contributed by atoms with van der Waals surface area (Å²) in [5, 5.41) is 3.45. The maximum absolute atomic E-state index is 13.4. The molecule has 4 heteroatoms. The van der Waals surface area contributed by atoms with Gasteiger partial charge in [0.05, 0.1) is 19.8 Å². The van der Waals surface area contributed by atoms with Crippen LogP contribution in [0.2, 0.25) is 0 Å². The van der Waals surface area contributed by atoms with Gasteiger partial charge in [-0.3, -0.25) is 0 Å². The molecule has 0 saturated carbocycles. The monoisotopic (exact) mass is 287 g/mol. The summed E-state index contributed by atoms with van der Waals surface area (Å²) in [6.07, 6.45) is 0.858. The third-order valence-corrected chi connectivity index (χ3v) is 3.76. The van der Waals surface area contributed by atoms with E-state index >= 15 is 0 Å². The Hall–Kier alpha value is -2.23. The molecule has 0 radical (unpaired) electrons. The van der Waals surface area contributed by atoms with Crippen molar-refractivity contribution in [2.24, 2.45) is 0 Å². The molecule has 2 aromatic carbocycles. The van der Waals surface area contributed by atoms with Crippen LogP contribution in [-0.2, 0) is 0 Å². The van der Waals surface area contributed by atoms with E-state index in [-0.39, 0.29) is 11.9 Å². The van der Waals surface area contributed by atoms with Gasteiger partial charge in [-0.25, -0.2) is 4.39 Å². The second kappa shape index (κ2) is 5.64. The summed E-state index contributed by atoms with van der Waals surface area (Å²) >= 11 is 0. The first kappa shape index (κ1) is 13.7. The van der Waals surface area contributed by atoms with Gasteiger partial charge in [0.2, 0.25) is 0 Å². The van der Waals surface area contributed by atoms with Crippen molar-refractivity contribution in [3.05, 3.63) is 53.3 Å². The van der Waals surface area contributed by atoms with Gasteiger partial charge in [-0.05, 0) is 48.9 Å². The van der Waals surface area contributed by atoms with Crippen molar-refractivity contribution in [1.82, 2.24) is 0 Å². The maximum atomic E-state index is 13.4. The maximum Gasteiger partial charge on any atom is 0.126 e. The van der Waals surface area contributed by atoms with Gasteiger partial charge in [0.15, 0.2) is 0 Å². The number of hydrogen-bond donors (Lipinski definition) is 1. The lowest BCUT2D eigenvalue weighted by atomic mass is 9.99. The number of ether oxygens (including phenoxy) is 2. The van der Waals surface area contributed by atoms with Crippen LogP contribution in [0.4, 0.5) is 10.1 Å². The van der Waals surface area contributed by atoms with Crippen LogP contribution in [0.3, 0.4) is 0 Å². The average molecular weight is 287 g/mol. The van der Waals surface area contributed by atoms with E-state index < -0.39 is 0 Å². The minimum Gasteiger partial charge on any atom is -0.497 e. The van der Waals surface area contributed by atoms with Gasteiger partial charge in [-0.1, -0.05) is 0 Å². The molecule has 0 spiro atoms. The van der Waals surface area contributed by atoms with Crippen LogP contribution in [0.15, 0.2) is 36.4 Å². The van der Waals surface area contributed by atoms with E-state index in [0.29, 0.717) is 12.2 Å². The second-order valence-corrected chi connectivity index (χ2v) is 5.20. The Labute approximate surface area is 123 Å². The molecule has 1 unspecified atom stereocenters. The van der Waals surface area contributed by atoms with Crippen LogP contribution in [0.1, 0.15) is 23.6 Å². The molecule has 0 saturated heterocycles. The zero-order chi connectivity index (χ0) is 14.8. The molecule has 1 N–H and O–H groups in total. The van der Waals surface area contributed by atoms with E-state index in [2.05, 4.69) is 5.32 Å². The Kier molecular flexibility index (Phi) is 3.69. The number of aryl methyl sites for hydroxylation is 1. The first-order valence-electron chi connectivity index (χ1n) is 7.01. The van der Waals surface area contributed by atoms with E-state index in [4.69, 9.17) is 9.47 Å². The molecular formula is C17H18FNO2. The Morgan fingerprint density at radius 2 is 2.10 bits per heavy atom. The molecule has 21 heavy (non-hydrogen) atoms. The van der Waals surface area contributed by atoms with Gasteiger partial charge >= 0.3 is 0 Å². The molecule has 0 aromatic heterocycles. The molecule has 3 rings (SSSR count). The Bertz CT molecular complexity index is 657. The van der Waals surface area contributed by atoms with Crippen LogP contribution in [0.25, 0.3) is 0 Å². The minimum absolute atomic E-state index is 0.133. The fourth-order valence-corrected chi connectivity index (χ4v) is 2.59. The third kappa shape index (κ3) is 2.79. The number of methoxy groups -OCH3 is 1. The highest BCUT2D eigenvalue weighted by Crippen LogP contribution is 2.36. The van der Waals surface area contributed by atoms with Gasteiger partial charge < -0.3 is 14.8 Å². The van der Waals surface area contributed by atoms with Crippen molar-refractivity contribution in [3.8, 4) is 11.5 Å². The smallest absolute Gasteiger partial charge is 0.126 e. The zero-order valence-electron chi connectivity index (χ0n) is 12.2. The average Bonchev–Trinajstić information content (AvgIpc) is 2.51. The first-order chi connectivity index (χ1) is 10.2. The molecule has 1 atom stereocenters. The summed E-state index contributed by atoms with van der Waals surface area (Å²) in [6.45, 7) is 2.43. The van der Waals surface area contributed by atoms with Crippen molar-refractivity contribution in [1.29, 1.82) is 0 Å². The fourth-order valence-electron chi connectivity index (χ4n) is 2.59. The molecule has 0 fully saturated rings. The Morgan fingerprint density at radius 3 is 2.86 bits per heavy atom. The zero-order valence-corrected chi connectivity index (χ0v) is 12.2. The van der Waals surface area contributed by atoms with Gasteiger partial charge in [0, 0.05) is 17.7 Å². The molecule has 0 amide bonds. The van der Waals surface area contributed by atoms with Crippen molar-refractivity contribution < 1.29 is 13.9 Å². The summed E-state index contributed by atoms with van der Waals surface area (Å²) < 4.78 is 24.3. The molecule has 110 valence electrons. The van der Waals surface area contributed by atoms with Gasteiger partial charge in [-0.15, -0.1) is 0 Å². The van der Waals surface area contributed by atoms with Crippen molar-refractivity contribution in [3.63, 3.8) is 0 Å². The quantitative estimate of drug-likeness (QED) is 0.922. The highest BCUT2D eigenvalue weighted by molar-refractivity contribution is 5.51.